The van der Waals surface area contributed by atoms with Gasteiger partial charge in [-0.2, -0.15) is 4.98 Å². The standard InChI is InChI=1S/C31H29FN6O2/c1-18-3-11-26(19-6-9-23(32)10-7-19)38(18)30(40)25-17-36(2)27-12-8-21(15-24(25)27)22-13-14-37-28(16-22)33-31(35-37)34-29(39)20-4-5-20/h6-10,12-18,20,26H,3-5,11H2,1-2H3,(H,34,35,39)/t18-,26-/m0/s1. The average molecular weight is 537 g/mol. The summed E-state index contributed by atoms with van der Waals surface area (Å²) in [6.07, 6.45) is 7.30. The summed E-state index contributed by atoms with van der Waals surface area (Å²) < 4.78 is 17.2. The number of halogens is 1. The van der Waals surface area contributed by atoms with Crippen LogP contribution in [-0.2, 0) is 11.8 Å². The Morgan fingerprint density at radius 2 is 1.75 bits per heavy atom. The molecule has 2 fully saturated rings. The molecule has 0 spiro atoms. The summed E-state index contributed by atoms with van der Waals surface area (Å²) in [7, 11) is 1.95. The number of aromatic nitrogens is 4. The second-order valence-electron chi connectivity index (χ2n) is 11.0. The van der Waals surface area contributed by atoms with E-state index >= 15 is 0 Å². The molecule has 7 rings (SSSR count). The molecule has 9 heteroatoms. The van der Waals surface area contributed by atoms with Crippen LogP contribution in [0.4, 0.5) is 10.3 Å². The number of rotatable bonds is 5. The summed E-state index contributed by atoms with van der Waals surface area (Å²) in [4.78, 5) is 32.7. The SMILES string of the molecule is C[C@H]1CC[C@@H](c2ccc(F)cc2)N1C(=O)c1cn(C)c2ccc(-c3ccn4nc(NC(=O)C5CC5)nc4c3)cc12. The van der Waals surface area contributed by atoms with Crippen molar-refractivity contribution in [1.82, 2.24) is 24.1 Å². The minimum Gasteiger partial charge on any atom is -0.350 e. The van der Waals surface area contributed by atoms with Crippen LogP contribution in [0.2, 0.25) is 0 Å². The van der Waals surface area contributed by atoms with Crippen molar-refractivity contribution in [2.45, 2.75) is 44.7 Å². The van der Waals surface area contributed by atoms with Gasteiger partial charge in [-0.15, -0.1) is 5.10 Å². The van der Waals surface area contributed by atoms with Crippen LogP contribution in [0, 0.1) is 11.7 Å². The number of carbonyl (C=O) groups excluding carboxylic acids is 2. The highest BCUT2D eigenvalue weighted by molar-refractivity contribution is 6.08. The Morgan fingerprint density at radius 1 is 0.975 bits per heavy atom. The number of amides is 2. The van der Waals surface area contributed by atoms with Crippen LogP contribution in [0.3, 0.4) is 0 Å². The molecule has 2 atom stereocenters. The zero-order chi connectivity index (χ0) is 27.5. The van der Waals surface area contributed by atoms with E-state index in [2.05, 4.69) is 22.3 Å². The number of nitrogens with zero attached hydrogens (tertiary/aromatic N) is 5. The molecular weight excluding hydrogens is 507 g/mol. The van der Waals surface area contributed by atoms with Crippen LogP contribution < -0.4 is 5.32 Å². The lowest BCUT2D eigenvalue weighted by Gasteiger charge is -2.29. The molecule has 4 heterocycles. The highest BCUT2D eigenvalue weighted by Gasteiger charge is 2.37. The van der Waals surface area contributed by atoms with Gasteiger partial charge in [0, 0.05) is 42.3 Å². The molecule has 2 amide bonds. The number of carbonyl (C=O) groups is 2. The third-order valence-electron chi connectivity index (χ3n) is 8.23. The van der Waals surface area contributed by atoms with Crippen molar-refractivity contribution in [2.24, 2.45) is 13.0 Å². The van der Waals surface area contributed by atoms with Crippen molar-refractivity contribution < 1.29 is 14.0 Å². The molecule has 3 aromatic heterocycles. The Hall–Kier alpha value is -4.53. The quantitative estimate of drug-likeness (QED) is 0.310. The number of anilines is 1. The molecule has 1 saturated heterocycles. The van der Waals surface area contributed by atoms with E-state index in [0.717, 1.165) is 53.3 Å². The van der Waals surface area contributed by atoms with Gasteiger partial charge in [0.1, 0.15) is 5.82 Å². The van der Waals surface area contributed by atoms with E-state index in [1.54, 1.807) is 16.6 Å². The lowest BCUT2D eigenvalue weighted by atomic mass is 10.0. The number of nitrogens with one attached hydrogen (secondary N) is 1. The van der Waals surface area contributed by atoms with Crippen molar-refractivity contribution in [1.29, 1.82) is 0 Å². The number of benzene rings is 2. The number of hydrogen-bond acceptors (Lipinski definition) is 4. The second kappa shape index (κ2) is 9.29. The normalized spacial score (nSPS) is 19.0. The van der Waals surface area contributed by atoms with Crippen molar-refractivity contribution in [2.75, 3.05) is 5.32 Å². The molecule has 2 aromatic carbocycles. The van der Waals surface area contributed by atoms with E-state index in [1.165, 1.54) is 12.1 Å². The maximum Gasteiger partial charge on any atom is 0.256 e. The largest absolute Gasteiger partial charge is 0.350 e. The highest BCUT2D eigenvalue weighted by atomic mass is 19.1. The summed E-state index contributed by atoms with van der Waals surface area (Å²) in [5, 5.41) is 8.05. The summed E-state index contributed by atoms with van der Waals surface area (Å²) >= 11 is 0. The summed E-state index contributed by atoms with van der Waals surface area (Å²) in [5.74, 6) is 0.0442. The molecular formula is C31H29FN6O2. The van der Waals surface area contributed by atoms with Crippen molar-refractivity contribution in [3.05, 3.63) is 83.9 Å². The van der Waals surface area contributed by atoms with Gasteiger partial charge in [-0.25, -0.2) is 8.91 Å². The number of likely N-dealkylation sites (tertiary alicyclic amines) is 1. The van der Waals surface area contributed by atoms with Crippen LogP contribution in [-0.4, -0.2) is 41.9 Å². The lowest BCUT2D eigenvalue weighted by Crippen LogP contribution is -2.35. The lowest BCUT2D eigenvalue weighted by molar-refractivity contribution is -0.117. The smallest absolute Gasteiger partial charge is 0.256 e. The summed E-state index contributed by atoms with van der Waals surface area (Å²) in [6, 6.07) is 16.5. The van der Waals surface area contributed by atoms with Crippen molar-refractivity contribution in [3.63, 3.8) is 0 Å². The van der Waals surface area contributed by atoms with Crippen LogP contribution in [0.1, 0.15) is 54.6 Å². The van der Waals surface area contributed by atoms with E-state index < -0.39 is 0 Å². The zero-order valence-corrected chi connectivity index (χ0v) is 22.3. The van der Waals surface area contributed by atoms with Gasteiger partial charge >= 0.3 is 0 Å². The number of hydrogen-bond donors (Lipinski definition) is 1. The Balaban J connectivity index is 1.23. The molecule has 1 N–H and O–H groups in total. The first-order chi connectivity index (χ1) is 19.4. The van der Waals surface area contributed by atoms with E-state index in [9.17, 15) is 14.0 Å². The first-order valence-corrected chi connectivity index (χ1v) is 13.7. The molecule has 8 nitrogen and oxygen atoms in total. The summed E-state index contributed by atoms with van der Waals surface area (Å²) in [6.45, 7) is 2.08. The highest BCUT2D eigenvalue weighted by Crippen LogP contribution is 2.39. The predicted octanol–water partition coefficient (Wildman–Crippen LogP) is 5.74. The van der Waals surface area contributed by atoms with Gasteiger partial charge in [-0.3, -0.25) is 14.9 Å². The van der Waals surface area contributed by atoms with Crippen molar-refractivity contribution in [3.8, 4) is 11.1 Å². The fraction of sp³-hybridized carbons (Fsp3) is 0.290. The van der Waals surface area contributed by atoms with E-state index in [-0.39, 0.29) is 35.6 Å². The first kappa shape index (κ1) is 24.5. The van der Waals surface area contributed by atoms with E-state index in [1.807, 2.05) is 59.2 Å². The predicted molar refractivity (Wildman–Crippen MR) is 150 cm³/mol. The fourth-order valence-corrected chi connectivity index (χ4v) is 5.89. The Kier molecular flexibility index (Phi) is 5.69. The Morgan fingerprint density at radius 3 is 2.52 bits per heavy atom. The molecule has 1 aliphatic heterocycles. The molecule has 1 aliphatic carbocycles. The number of aryl methyl sites for hydroxylation is 1. The third kappa shape index (κ3) is 4.22. The fourth-order valence-electron chi connectivity index (χ4n) is 5.89. The molecule has 2 aliphatic rings. The molecule has 202 valence electrons. The molecule has 5 aromatic rings. The molecule has 0 radical (unpaired) electrons. The van der Waals surface area contributed by atoms with Gasteiger partial charge in [-0.1, -0.05) is 18.2 Å². The average Bonchev–Trinajstić information content (AvgIpc) is 3.51. The van der Waals surface area contributed by atoms with Crippen LogP contribution in [0.5, 0.6) is 0 Å². The summed E-state index contributed by atoms with van der Waals surface area (Å²) in [5.41, 5.74) is 5.07. The first-order valence-electron chi connectivity index (χ1n) is 13.7. The van der Waals surface area contributed by atoms with Crippen LogP contribution in [0.25, 0.3) is 27.7 Å². The van der Waals surface area contributed by atoms with Crippen molar-refractivity contribution >= 4 is 34.3 Å². The van der Waals surface area contributed by atoms with E-state index in [4.69, 9.17) is 0 Å². The van der Waals surface area contributed by atoms with Gasteiger partial charge in [-0.05, 0) is 85.7 Å². The molecule has 1 saturated carbocycles. The molecule has 40 heavy (non-hydrogen) atoms. The number of fused-ring (bicyclic) bond motifs is 2. The van der Waals surface area contributed by atoms with E-state index in [0.29, 0.717) is 17.2 Å². The zero-order valence-electron chi connectivity index (χ0n) is 22.3. The van der Waals surface area contributed by atoms with Gasteiger partial charge in [0.25, 0.3) is 5.91 Å². The van der Waals surface area contributed by atoms with Gasteiger partial charge in [0.05, 0.1) is 11.6 Å². The van der Waals surface area contributed by atoms with Gasteiger partial charge < -0.3 is 9.47 Å². The molecule has 0 unspecified atom stereocenters. The maximum absolute atomic E-state index is 14.1. The second-order valence-corrected chi connectivity index (χ2v) is 11.0. The Labute approximate surface area is 230 Å². The number of pyridine rings is 1. The molecule has 0 bridgehead atoms. The monoisotopic (exact) mass is 536 g/mol. The van der Waals surface area contributed by atoms with Crippen LogP contribution >= 0.6 is 0 Å². The maximum atomic E-state index is 14.1. The minimum absolute atomic E-state index is 0.0222. The Bertz CT molecular complexity index is 1790. The third-order valence-corrected chi connectivity index (χ3v) is 8.23. The van der Waals surface area contributed by atoms with Crippen LogP contribution in [0.15, 0.2) is 67.0 Å². The van der Waals surface area contributed by atoms with Gasteiger partial charge in [0.15, 0.2) is 5.65 Å². The minimum atomic E-state index is -0.280. The topological polar surface area (TPSA) is 84.5 Å². The van der Waals surface area contributed by atoms with Gasteiger partial charge in [0.2, 0.25) is 11.9 Å².